The van der Waals surface area contributed by atoms with Crippen LogP contribution in [0.5, 0.6) is 0 Å². The molecule has 0 aliphatic carbocycles. The van der Waals surface area contributed by atoms with E-state index in [0.717, 1.165) is 54.1 Å². The molecule has 1 aromatic carbocycles. The van der Waals surface area contributed by atoms with Crippen molar-refractivity contribution in [3.63, 3.8) is 0 Å². The van der Waals surface area contributed by atoms with Gasteiger partial charge in [0, 0.05) is 60.8 Å². The van der Waals surface area contributed by atoms with E-state index in [1.165, 1.54) is 5.69 Å². The van der Waals surface area contributed by atoms with Gasteiger partial charge in [0.05, 0.1) is 12.1 Å². The summed E-state index contributed by atoms with van der Waals surface area (Å²) in [5, 5.41) is 5.73. The van der Waals surface area contributed by atoms with Crippen LogP contribution in [0.1, 0.15) is 0 Å². The standard InChI is InChI=1S/C23H33N5O2S/c1-26-9-11-27(12-10-26)19-7-5-18(6-8-19)23-20-16-24-22(29)15-21(20)28(25-23)17-30-13-14-31(2,3)4/h5-8,15-16H,9-14,17H2,1-4H3,(H,24,29). The van der Waals surface area contributed by atoms with E-state index in [4.69, 9.17) is 9.84 Å². The highest BCUT2D eigenvalue weighted by Gasteiger charge is 2.16. The highest BCUT2D eigenvalue weighted by molar-refractivity contribution is 8.32. The van der Waals surface area contributed by atoms with E-state index in [2.05, 4.69) is 64.9 Å². The van der Waals surface area contributed by atoms with Crippen molar-refractivity contribution in [3.05, 3.63) is 46.9 Å². The van der Waals surface area contributed by atoms with Gasteiger partial charge in [0.2, 0.25) is 5.56 Å². The normalized spacial score (nSPS) is 16.2. The number of nitrogens with zero attached hydrogens (tertiary/aromatic N) is 4. The van der Waals surface area contributed by atoms with E-state index in [9.17, 15) is 4.79 Å². The number of aromatic amines is 1. The third-order valence-electron chi connectivity index (χ3n) is 5.72. The summed E-state index contributed by atoms with van der Waals surface area (Å²) in [6, 6.07) is 10.2. The lowest BCUT2D eigenvalue weighted by molar-refractivity contribution is 0.0842. The summed E-state index contributed by atoms with van der Waals surface area (Å²) in [7, 11) is 1.57. The summed E-state index contributed by atoms with van der Waals surface area (Å²) in [4.78, 5) is 19.5. The Kier molecular flexibility index (Phi) is 6.41. The molecule has 1 N–H and O–H groups in total. The van der Waals surface area contributed by atoms with Gasteiger partial charge in [-0.15, -0.1) is 0 Å². The number of H-pyrrole nitrogens is 1. The lowest BCUT2D eigenvalue weighted by Crippen LogP contribution is -2.44. The van der Waals surface area contributed by atoms with Gasteiger partial charge >= 0.3 is 0 Å². The number of pyridine rings is 1. The zero-order chi connectivity index (χ0) is 22.0. The van der Waals surface area contributed by atoms with E-state index in [1.54, 1.807) is 16.9 Å². The molecule has 1 saturated heterocycles. The number of piperazine rings is 1. The molecule has 2 aromatic heterocycles. The Morgan fingerprint density at radius 3 is 2.48 bits per heavy atom. The van der Waals surface area contributed by atoms with Gasteiger partial charge in [-0.05, 0) is 37.9 Å². The number of benzene rings is 1. The molecule has 0 spiro atoms. The first-order valence-corrected chi connectivity index (χ1v) is 13.7. The van der Waals surface area contributed by atoms with Gasteiger partial charge in [-0.3, -0.25) is 4.79 Å². The molecular weight excluding hydrogens is 410 g/mol. The lowest BCUT2D eigenvalue weighted by Gasteiger charge is -2.34. The molecule has 8 heteroatoms. The van der Waals surface area contributed by atoms with Crippen LogP contribution in [0.3, 0.4) is 0 Å². The molecule has 31 heavy (non-hydrogen) atoms. The summed E-state index contributed by atoms with van der Waals surface area (Å²) in [5.74, 6) is 1.05. The smallest absolute Gasteiger partial charge is 0.250 e. The number of hydrogen-bond acceptors (Lipinski definition) is 5. The minimum absolute atomic E-state index is 0.134. The van der Waals surface area contributed by atoms with Gasteiger partial charge in [0.1, 0.15) is 12.4 Å². The minimum Gasteiger partial charge on any atom is -0.369 e. The monoisotopic (exact) mass is 443 g/mol. The first-order valence-electron chi connectivity index (χ1n) is 10.7. The number of rotatable bonds is 7. The second-order valence-corrected chi connectivity index (χ2v) is 13.7. The maximum Gasteiger partial charge on any atom is 0.250 e. The molecule has 0 saturated carbocycles. The average molecular weight is 444 g/mol. The van der Waals surface area contributed by atoms with Crippen molar-refractivity contribution in [2.24, 2.45) is 0 Å². The quantitative estimate of drug-likeness (QED) is 0.569. The van der Waals surface area contributed by atoms with Crippen LogP contribution in [0.2, 0.25) is 0 Å². The van der Waals surface area contributed by atoms with Crippen LogP contribution in [0, 0.1) is 0 Å². The van der Waals surface area contributed by atoms with E-state index < -0.39 is 10.0 Å². The number of hydrogen-bond donors (Lipinski definition) is 1. The molecule has 0 radical (unpaired) electrons. The topological polar surface area (TPSA) is 66.4 Å². The van der Waals surface area contributed by atoms with Crippen molar-refractivity contribution in [1.29, 1.82) is 0 Å². The Bertz CT molecular complexity index is 1080. The molecule has 168 valence electrons. The van der Waals surface area contributed by atoms with Gasteiger partial charge in [0.25, 0.3) is 0 Å². The van der Waals surface area contributed by atoms with Gasteiger partial charge in [-0.2, -0.15) is 5.10 Å². The molecule has 1 fully saturated rings. The fourth-order valence-corrected chi connectivity index (χ4v) is 4.38. The fourth-order valence-electron chi connectivity index (χ4n) is 3.76. The molecule has 0 unspecified atom stereocenters. The van der Waals surface area contributed by atoms with Crippen LogP contribution in [0.15, 0.2) is 41.3 Å². The van der Waals surface area contributed by atoms with Crippen molar-refractivity contribution in [1.82, 2.24) is 19.7 Å². The van der Waals surface area contributed by atoms with Crippen molar-refractivity contribution < 1.29 is 4.74 Å². The molecule has 3 heterocycles. The SMILES string of the molecule is CN1CCN(c2ccc(-c3nn(COCCS(C)(C)C)c4cc(=O)[nH]cc34)cc2)CC1. The van der Waals surface area contributed by atoms with E-state index in [1.807, 2.05) is 0 Å². The molecule has 7 nitrogen and oxygen atoms in total. The van der Waals surface area contributed by atoms with Gasteiger partial charge in [-0.1, -0.05) is 12.1 Å². The molecule has 3 aromatic rings. The fraction of sp³-hybridized carbons (Fsp3) is 0.478. The van der Waals surface area contributed by atoms with Crippen molar-refractivity contribution >= 4 is 26.6 Å². The summed E-state index contributed by atoms with van der Waals surface area (Å²) in [6.45, 7) is 5.29. The van der Waals surface area contributed by atoms with Crippen LogP contribution in [0.25, 0.3) is 22.2 Å². The Morgan fingerprint density at radius 2 is 1.81 bits per heavy atom. The Hall–Kier alpha value is -2.29. The zero-order valence-corrected chi connectivity index (χ0v) is 19.7. The molecule has 1 aliphatic heterocycles. The van der Waals surface area contributed by atoms with Crippen LogP contribution in [0.4, 0.5) is 5.69 Å². The lowest BCUT2D eigenvalue weighted by atomic mass is 10.1. The van der Waals surface area contributed by atoms with Crippen molar-refractivity contribution in [3.8, 4) is 11.3 Å². The van der Waals surface area contributed by atoms with Crippen LogP contribution in [-0.2, 0) is 11.5 Å². The second-order valence-electron chi connectivity index (χ2n) is 9.11. The third-order valence-corrected chi connectivity index (χ3v) is 7.11. The van der Waals surface area contributed by atoms with Crippen LogP contribution < -0.4 is 10.5 Å². The molecule has 0 atom stereocenters. The Morgan fingerprint density at radius 1 is 1.10 bits per heavy atom. The van der Waals surface area contributed by atoms with Gasteiger partial charge in [0.15, 0.2) is 0 Å². The highest BCUT2D eigenvalue weighted by Crippen LogP contribution is 2.33. The van der Waals surface area contributed by atoms with E-state index >= 15 is 0 Å². The number of likely N-dealkylation sites (N-methyl/N-ethyl adjacent to an activating group) is 1. The Balaban J connectivity index is 1.56. The van der Waals surface area contributed by atoms with Crippen LogP contribution in [-0.4, -0.2) is 84.0 Å². The molecule has 0 bridgehead atoms. The van der Waals surface area contributed by atoms with Crippen LogP contribution >= 0.6 is 10.0 Å². The summed E-state index contributed by atoms with van der Waals surface area (Å²) >= 11 is 0. The highest BCUT2D eigenvalue weighted by atomic mass is 32.3. The zero-order valence-electron chi connectivity index (χ0n) is 18.9. The first-order chi connectivity index (χ1) is 14.8. The largest absolute Gasteiger partial charge is 0.369 e. The minimum atomic E-state index is -0.598. The van der Waals surface area contributed by atoms with E-state index in [-0.39, 0.29) is 5.56 Å². The average Bonchev–Trinajstić information content (AvgIpc) is 3.09. The summed E-state index contributed by atoms with van der Waals surface area (Å²) in [6.07, 6.45) is 8.60. The summed E-state index contributed by atoms with van der Waals surface area (Å²) in [5.41, 5.74) is 3.80. The number of anilines is 1. The van der Waals surface area contributed by atoms with Crippen molar-refractivity contribution in [2.75, 3.05) is 69.3 Å². The number of ether oxygens (including phenoxy) is 1. The van der Waals surface area contributed by atoms with Gasteiger partial charge < -0.3 is 19.5 Å². The second kappa shape index (κ2) is 9.06. The molecule has 1 aliphatic rings. The predicted molar refractivity (Wildman–Crippen MR) is 132 cm³/mol. The predicted octanol–water partition coefficient (Wildman–Crippen LogP) is 2.81. The third kappa shape index (κ3) is 5.31. The number of aromatic nitrogens is 3. The molecule has 4 rings (SSSR count). The maximum absolute atomic E-state index is 11.9. The summed E-state index contributed by atoms with van der Waals surface area (Å²) < 4.78 is 7.70. The number of fused-ring (bicyclic) bond motifs is 1. The molecule has 0 amide bonds. The van der Waals surface area contributed by atoms with E-state index in [0.29, 0.717) is 13.3 Å². The number of nitrogens with one attached hydrogen (secondary N) is 1. The molecular formula is C23H33N5O2S. The van der Waals surface area contributed by atoms with Crippen molar-refractivity contribution in [2.45, 2.75) is 6.73 Å². The maximum atomic E-state index is 11.9. The Labute approximate surface area is 185 Å². The van der Waals surface area contributed by atoms with Gasteiger partial charge in [-0.25, -0.2) is 14.7 Å². The first kappa shape index (κ1) is 21.9.